The highest BCUT2D eigenvalue weighted by Gasteiger charge is 2.22. The van der Waals surface area contributed by atoms with Crippen molar-refractivity contribution < 1.29 is 9.18 Å². The third-order valence-electron chi connectivity index (χ3n) is 5.00. The van der Waals surface area contributed by atoms with Gasteiger partial charge in [-0.15, -0.1) is 0 Å². The van der Waals surface area contributed by atoms with Gasteiger partial charge in [-0.05, 0) is 48.9 Å². The Morgan fingerprint density at radius 3 is 2.29 bits per heavy atom. The largest absolute Gasteiger partial charge is 0.348 e. The van der Waals surface area contributed by atoms with E-state index in [1.54, 1.807) is 24.3 Å². The Balaban J connectivity index is 1.67. The average Bonchev–Trinajstić information content (AvgIpc) is 2.84. The number of amides is 2. The summed E-state index contributed by atoms with van der Waals surface area (Å²) in [5.41, 5.74) is 1.70. The molecule has 0 bridgehead atoms. The first-order valence-corrected chi connectivity index (χ1v) is 11.1. The van der Waals surface area contributed by atoms with Gasteiger partial charge in [-0.2, -0.15) is 4.98 Å². The van der Waals surface area contributed by atoms with Crippen molar-refractivity contribution in [3.8, 4) is 0 Å². The Morgan fingerprint density at radius 2 is 1.62 bits per heavy atom. The first kappa shape index (κ1) is 23.5. The molecule has 1 unspecified atom stereocenters. The van der Waals surface area contributed by atoms with Crippen molar-refractivity contribution in [2.24, 2.45) is 0 Å². The number of hydrogen-bond donors (Lipinski definition) is 2. The fraction of sp³-hybridized carbons (Fsp3) is 0.0800. The maximum absolute atomic E-state index is 13.6. The van der Waals surface area contributed by atoms with Crippen molar-refractivity contribution in [3.05, 3.63) is 106 Å². The summed E-state index contributed by atoms with van der Waals surface area (Å²) in [6.45, 7) is 1.98. The van der Waals surface area contributed by atoms with Crippen molar-refractivity contribution >= 4 is 52.4 Å². The molecule has 1 heterocycles. The first-order chi connectivity index (χ1) is 16.4. The fourth-order valence-corrected chi connectivity index (χ4v) is 3.78. The van der Waals surface area contributed by atoms with Crippen LogP contribution in [0.3, 0.4) is 0 Å². The van der Waals surface area contributed by atoms with Crippen LogP contribution in [-0.4, -0.2) is 16.0 Å². The maximum Gasteiger partial charge on any atom is 0.332 e. The highest BCUT2D eigenvalue weighted by Crippen LogP contribution is 2.32. The molecule has 34 heavy (non-hydrogen) atoms. The summed E-state index contributed by atoms with van der Waals surface area (Å²) in [4.78, 5) is 23.5. The molecule has 2 N–H and O–H groups in total. The number of nitrogens with one attached hydrogen (secondary N) is 2. The summed E-state index contributed by atoms with van der Waals surface area (Å²) in [5.74, 6) is 0.162. The molecule has 0 aliphatic carbocycles. The van der Waals surface area contributed by atoms with E-state index in [4.69, 9.17) is 23.2 Å². The molecule has 2 amide bonds. The summed E-state index contributed by atoms with van der Waals surface area (Å²) < 4.78 is 13.6. The number of carbonyl (C=O) groups is 1. The maximum atomic E-state index is 13.6. The molecule has 0 saturated heterocycles. The zero-order valence-electron chi connectivity index (χ0n) is 18.0. The molecule has 0 fully saturated rings. The molecule has 0 radical (unpaired) electrons. The Hall–Kier alpha value is -3.68. The normalized spacial score (nSPS) is 11.5. The van der Waals surface area contributed by atoms with Gasteiger partial charge in [0.25, 0.3) is 0 Å². The van der Waals surface area contributed by atoms with Crippen LogP contribution in [0.4, 0.5) is 32.3 Å². The molecular weight excluding hydrogens is 476 g/mol. The van der Waals surface area contributed by atoms with Crippen LogP contribution in [0.15, 0.2) is 85.1 Å². The van der Waals surface area contributed by atoms with E-state index in [9.17, 15) is 9.18 Å². The van der Waals surface area contributed by atoms with E-state index < -0.39 is 11.8 Å². The molecule has 0 spiro atoms. The third-order valence-corrected chi connectivity index (χ3v) is 5.63. The molecule has 0 saturated carbocycles. The smallest absolute Gasteiger partial charge is 0.332 e. The van der Waals surface area contributed by atoms with Crippen LogP contribution in [-0.2, 0) is 0 Å². The molecule has 1 aromatic heterocycles. The van der Waals surface area contributed by atoms with Gasteiger partial charge in [0.05, 0.1) is 27.5 Å². The minimum atomic E-state index is -0.581. The molecule has 4 aromatic rings. The van der Waals surface area contributed by atoms with Crippen LogP contribution < -0.4 is 15.5 Å². The van der Waals surface area contributed by atoms with Crippen LogP contribution in [0.1, 0.15) is 18.5 Å². The predicted octanol–water partition coefficient (Wildman–Crippen LogP) is 7.47. The van der Waals surface area contributed by atoms with Crippen molar-refractivity contribution in [2.45, 2.75) is 13.0 Å². The summed E-state index contributed by atoms with van der Waals surface area (Å²) in [5, 5.41) is 6.52. The number of urea groups is 1. The summed E-state index contributed by atoms with van der Waals surface area (Å²) in [6, 6.07) is 21.1. The fourth-order valence-electron chi connectivity index (χ4n) is 3.29. The quantitative estimate of drug-likeness (QED) is 0.291. The van der Waals surface area contributed by atoms with E-state index in [1.165, 1.54) is 35.4 Å². The number of para-hydroxylation sites is 1. The van der Waals surface area contributed by atoms with Gasteiger partial charge < -0.3 is 10.6 Å². The van der Waals surface area contributed by atoms with E-state index in [0.29, 0.717) is 11.6 Å². The van der Waals surface area contributed by atoms with E-state index in [0.717, 1.165) is 5.56 Å². The number of rotatable bonds is 6. The van der Waals surface area contributed by atoms with Gasteiger partial charge in [-0.1, -0.05) is 59.6 Å². The highest BCUT2D eigenvalue weighted by molar-refractivity contribution is 6.40. The van der Waals surface area contributed by atoms with Crippen LogP contribution in [0.25, 0.3) is 0 Å². The Bertz CT molecular complexity index is 1270. The van der Waals surface area contributed by atoms with E-state index in [1.807, 2.05) is 37.3 Å². The summed E-state index contributed by atoms with van der Waals surface area (Å²) in [7, 11) is 0. The van der Waals surface area contributed by atoms with Crippen LogP contribution in [0, 0.1) is 5.82 Å². The first-order valence-electron chi connectivity index (χ1n) is 10.4. The minimum absolute atomic E-state index is 0.0773. The molecule has 6 nitrogen and oxygen atoms in total. The molecule has 3 aromatic carbocycles. The van der Waals surface area contributed by atoms with Gasteiger partial charge in [-0.3, -0.25) is 0 Å². The Labute approximate surface area is 206 Å². The van der Waals surface area contributed by atoms with Crippen LogP contribution in [0.5, 0.6) is 0 Å². The molecule has 4 rings (SSSR count). The van der Waals surface area contributed by atoms with Gasteiger partial charge in [0.2, 0.25) is 5.95 Å². The second kappa shape index (κ2) is 10.5. The number of aromatic nitrogens is 2. The summed E-state index contributed by atoms with van der Waals surface area (Å²) in [6.07, 6.45) is 1.54. The molecule has 9 heteroatoms. The summed E-state index contributed by atoms with van der Waals surface area (Å²) >= 11 is 12.5. The monoisotopic (exact) mass is 495 g/mol. The van der Waals surface area contributed by atoms with Crippen LogP contribution in [0.2, 0.25) is 10.0 Å². The number of anilines is 4. The van der Waals surface area contributed by atoms with E-state index >= 15 is 0 Å². The minimum Gasteiger partial charge on any atom is -0.348 e. The second-order valence-corrected chi connectivity index (χ2v) is 8.17. The average molecular weight is 496 g/mol. The van der Waals surface area contributed by atoms with Gasteiger partial charge in [0, 0.05) is 12.3 Å². The van der Waals surface area contributed by atoms with Gasteiger partial charge >= 0.3 is 6.03 Å². The molecule has 0 aliphatic rings. The molecular formula is C25H20Cl2FN5O. The number of nitrogens with zero attached hydrogens (tertiary/aromatic N) is 3. The van der Waals surface area contributed by atoms with E-state index in [-0.39, 0.29) is 27.6 Å². The number of halogens is 3. The zero-order valence-corrected chi connectivity index (χ0v) is 19.6. The zero-order chi connectivity index (χ0) is 24.1. The molecule has 172 valence electrons. The lowest BCUT2D eigenvalue weighted by Crippen LogP contribution is -2.32. The lowest BCUT2D eigenvalue weighted by molar-refractivity contribution is 0.259. The number of benzene rings is 3. The van der Waals surface area contributed by atoms with Crippen LogP contribution >= 0.6 is 23.2 Å². The Kier molecular flexibility index (Phi) is 7.25. The van der Waals surface area contributed by atoms with Crippen molar-refractivity contribution in [3.63, 3.8) is 0 Å². The van der Waals surface area contributed by atoms with Crippen molar-refractivity contribution in [1.82, 2.24) is 9.97 Å². The van der Waals surface area contributed by atoms with E-state index in [2.05, 4.69) is 20.6 Å². The number of carbonyl (C=O) groups excluding carboxylic acids is 1. The van der Waals surface area contributed by atoms with Crippen molar-refractivity contribution in [1.29, 1.82) is 0 Å². The third kappa shape index (κ3) is 5.44. The van der Waals surface area contributed by atoms with Crippen molar-refractivity contribution in [2.75, 3.05) is 15.5 Å². The highest BCUT2D eigenvalue weighted by atomic mass is 35.5. The van der Waals surface area contributed by atoms with Gasteiger partial charge in [0.15, 0.2) is 0 Å². The SMILES string of the molecule is CC(Nc1nccc(N(C(=O)Nc2c(Cl)cccc2Cl)c2ccc(F)cc2)n1)c1ccccc1. The van der Waals surface area contributed by atoms with Gasteiger partial charge in [-0.25, -0.2) is 19.1 Å². The Morgan fingerprint density at radius 1 is 0.941 bits per heavy atom. The standard InChI is InChI=1S/C25H20Cl2FN5O/c1-16(17-6-3-2-4-7-17)30-24-29-15-14-22(31-24)33(19-12-10-18(28)11-13-19)25(34)32-23-20(26)8-5-9-21(23)27/h2-16H,1H3,(H,32,34)(H,29,30,31). The second-order valence-electron chi connectivity index (χ2n) is 7.35. The molecule has 0 aliphatic heterocycles. The topological polar surface area (TPSA) is 70.2 Å². The lowest BCUT2D eigenvalue weighted by atomic mass is 10.1. The number of hydrogen-bond acceptors (Lipinski definition) is 4. The molecule has 1 atom stereocenters. The predicted molar refractivity (Wildman–Crippen MR) is 135 cm³/mol. The lowest BCUT2D eigenvalue weighted by Gasteiger charge is -2.24. The van der Waals surface area contributed by atoms with Gasteiger partial charge in [0.1, 0.15) is 11.6 Å².